The van der Waals surface area contributed by atoms with Crippen LogP contribution >= 0.6 is 11.6 Å². The van der Waals surface area contributed by atoms with Crippen LogP contribution in [0.2, 0.25) is 5.02 Å². The zero-order valence-corrected chi connectivity index (χ0v) is 13.1. The van der Waals surface area contributed by atoms with Gasteiger partial charge in [0, 0.05) is 42.8 Å². The van der Waals surface area contributed by atoms with Crippen molar-refractivity contribution in [2.45, 2.75) is 13.5 Å². The van der Waals surface area contributed by atoms with Crippen molar-refractivity contribution < 1.29 is 0 Å². The summed E-state index contributed by atoms with van der Waals surface area (Å²) in [4.78, 5) is 2.44. The smallest absolute Gasteiger partial charge is 0.0432 e. The summed E-state index contributed by atoms with van der Waals surface area (Å²) in [5.74, 6) is 0.730. The number of benzene rings is 2. The number of nitrogens with zero attached hydrogens (tertiary/aromatic N) is 1. The lowest BCUT2D eigenvalue weighted by Gasteiger charge is -2.35. The third-order valence-electron chi connectivity index (χ3n) is 4.14. The predicted octanol–water partition coefficient (Wildman–Crippen LogP) is 3.87. The van der Waals surface area contributed by atoms with E-state index >= 15 is 0 Å². The summed E-state index contributed by atoms with van der Waals surface area (Å²) in [7, 11) is 0. The molecule has 1 saturated heterocycles. The van der Waals surface area contributed by atoms with Crippen LogP contribution in [0, 0.1) is 12.8 Å². The van der Waals surface area contributed by atoms with Crippen molar-refractivity contribution in [3.8, 4) is 0 Å². The average Bonchev–Trinajstić information content (AvgIpc) is 2.43. The fourth-order valence-electron chi connectivity index (χ4n) is 2.72. The van der Waals surface area contributed by atoms with Gasteiger partial charge in [-0.1, -0.05) is 41.9 Å². The van der Waals surface area contributed by atoms with E-state index in [2.05, 4.69) is 53.5 Å². The number of hydrogen-bond acceptors (Lipinski definition) is 2. The molecule has 0 bridgehead atoms. The van der Waals surface area contributed by atoms with Gasteiger partial charge in [-0.05, 0) is 36.2 Å². The molecule has 1 N–H and O–H groups in total. The fraction of sp³-hybridized carbons (Fsp3) is 0.333. The molecule has 1 aliphatic heterocycles. The van der Waals surface area contributed by atoms with Crippen molar-refractivity contribution in [1.82, 2.24) is 5.32 Å². The van der Waals surface area contributed by atoms with Crippen molar-refractivity contribution in [3.05, 3.63) is 64.7 Å². The van der Waals surface area contributed by atoms with E-state index in [0.29, 0.717) is 0 Å². The van der Waals surface area contributed by atoms with Crippen LogP contribution in [0.3, 0.4) is 0 Å². The molecule has 0 aliphatic carbocycles. The number of hydrogen-bond donors (Lipinski definition) is 1. The van der Waals surface area contributed by atoms with Gasteiger partial charge in [-0.3, -0.25) is 0 Å². The van der Waals surface area contributed by atoms with Crippen LogP contribution in [0.25, 0.3) is 0 Å². The van der Waals surface area contributed by atoms with Crippen LogP contribution in [-0.2, 0) is 6.54 Å². The van der Waals surface area contributed by atoms with Crippen LogP contribution in [0.4, 0.5) is 5.69 Å². The molecule has 0 spiro atoms. The SMILES string of the molecule is Cc1ccccc1CN(CC1CNC1)c1cccc(Cl)c1. The summed E-state index contributed by atoms with van der Waals surface area (Å²) in [6.45, 7) is 6.41. The normalized spacial score (nSPS) is 14.8. The molecule has 110 valence electrons. The quantitative estimate of drug-likeness (QED) is 0.901. The summed E-state index contributed by atoms with van der Waals surface area (Å²) in [6.07, 6.45) is 0. The summed E-state index contributed by atoms with van der Waals surface area (Å²) in [5.41, 5.74) is 3.93. The first kappa shape index (κ1) is 14.4. The number of aryl methyl sites for hydroxylation is 1. The third kappa shape index (κ3) is 3.58. The van der Waals surface area contributed by atoms with E-state index in [1.807, 2.05) is 12.1 Å². The van der Waals surface area contributed by atoms with Gasteiger partial charge in [0.1, 0.15) is 0 Å². The summed E-state index contributed by atoms with van der Waals surface area (Å²) in [6, 6.07) is 16.8. The first-order valence-corrected chi connectivity index (χ1v) is 7.86. The lowest BCUT2D eigenvalue weighted by Crippen LogP contribution is -2.48. The van der Waals surface area contributed by atoms with E-state index in [0.717, 1.165) is 37.1 Å². The van der Waals surface area contributed by atoms with Crippen molar-refractivity contribution in [1.29, 1.82) is 0 Å². The Hall–Kier alpha value is -1.51. The monoisotopic (exact) mass is 300 g/mol. The summed E-state index contributed by atoms with van der Waals surface area (Å²) < 4.78 is 0. The molecule has 0 radical (unpaired) electrons. The van der Waals surface area contributed by atoms with Crippen molar-refractivity contribution >= 4 is 17.3 Å². The lowest BCUT2D eigenvalue weighted by atomic mass is 10.0. The van der Waals surface area contributed by atoms with Gasteiger partial charge in [-0.2, -0.15) is 0 Å². The van der Waals surface area contributed by atoms with Crippen molar-refractivity contribution in [3.63, 3.8) is 0 Å². The molecule has 2 aromatic rings. The van der Waals surface area contributed by atoms with E-state index in [4.69, 9.17) is 11.6 Å². The Balaban J connectivity index is 1.83. The van der Waals surface area contributed by atoms with Crippen molar-refractivity contribution in [2.75, 3.05) is 24.5 Å². The highest BCUT2D eigenvalue weighted by Gasteiger charge is 2.21. The highest BCUT2D eigenvalue weighted by Crippen LogP contribution is 2.24. The lowest BCUT2D eigenvalue weighted by molar-refractivity contribution is 0.348. The van der Waals surface area contributed by atoms with Crippen LogP contribution in [0.15, 0.2) is 48.5 Å². The Bertz CT molecular complexity index is 608. The topological polar surface area (TPSA) is 15.3 Å². The van der Waals surface area contributed by atoms with Crippen LogP contribution in [-0.4, -0.2) is 19.6 Å². The standard InChI is InChI=1S/C18H21ClN2/c1-14-5-2-3-6-16(14)13-21(12-15-10-20-11-15)18-8-4-7-17(19)9-18/h2-9,15,20H,10-13H2,1H3. The molecule has 1 heterocycles. The second-order valence-electron chi connectivity index (χ2n) is 5.81. The molecule has 3 heteroatoms. The molecule has 0 atom stereocenters. The second kappa shape index (κ2) is 6.50. The molecule has 0 amide bonds. The summed E-state index contributed by atoms with van der Waals surface area (Å²) >= 11 is 6.17. The molecule has 0 saturated carbocycles. The van der Waals surface area contributed by atoms with E-state index in [9.17, 15) is 0 Å². The zero-order chi connectivity index (χ0) is 14.7. The molecule has 3 rings (SSSR count). The van der Waals surface area contributed by atoms with Crippen LogP contribution in [0.5, 0.6) is 0 Å². The highest BCUT2D eigenvalue weighted by molar-refractivity contribution is 6.30. The van der Waals surface area contributed by atoms with Gasteiger partial charge in [-0.25, -0.2) is 0 Å². The summed E-state index contributed by atoms with van der Waals surface area (Å²) in [5, 5.41) is 4.15. The average molecular weight is 301 g/mol. The molecule has 2 aromatic carbocycles. The van der Waals surface area contributed by atoms with Gasteiger partial charge in [0.25, 0.3) is 0 Å². The van der Waals surface area contributed by atoms with Gasteiger partial charge >= 0.3 is 0 Å². The van der Waals surface area contributed by atoms with Gasteiger partial charge in [-0.15, -0.1) is 0 Å². The van der Waals surface area contributed by atoms with E-state index in [1.165, 1.54) is 16.8 Å². The number of nitrogens with one attached hydrogen (secondary N) is 1. The molecule has 1 aliphatic rings. The Morgan fingerprint density at radius 3 is 2.62 bits per heavy atom. The minimum atomic E-state index is 0.730. The first-order chi connectivity index (χ1) is 10.2. The second-order valence-corrected chi connectivity index (χ2v) is 6.25. The largest absolute Gasteiger partial charge is 0.367 e. The zero-order valence-electron chi connectivity index (χ0n) is 12.3. The number of rotatable bonds is 5. The number of halogens is 1. The maximum atomic E-state index is 6.17. The minimum absolute atomic E-state index is 0.730. The highest BCUT2D eigenvalue weighted by atomic mass is 35.5. The van der Waals surface area contributed by atoms with Gasteiger partial charge < -0.3 is 10.2 Å². The molecular weight excluding hydrogens is 280 g/mol. The van der Waals surface area contributed by atoms with Crippen molar-refractivity contribution in [2.24, 2.45) is 5.92 Å². The van der Waals surface area contributed by atoms with Gasteiger partial charge in [0.2, 0.25) is 0 Å². The molecule has 1 fully saturated rings. The minimum Gasteiger partial charge on any atom is -0.367 e. The maximum Gasteiger partial charge on any atom is 0.0432 e. The van der Waals surface area contributed by atoms with Gasteiger partial charge in [0.05, 0.1) is 0 Å². The Morgan fingerprint density at radius 1 is 1.14 bits per heavy atom. The van der Waals surface area contributed by atoms with Gasteiger partial charge in [0.15, 0.2) is 0 Å². The first-order valence-electron chi connectivity index (χ1n) is 7.48. The van der Waals surface area contributed by atoms with E-state index in [1.54, 1.807) is 0 Å². The molecule has 21 heavy (non-hydrogen) atoms. The number of anilines is 1. The molecule has 0 aromatic heterocycles. The van der Waals surface area contributed by atoms with Crippen LogP contribution < -0.4 is 10.2 Å². The predicted molar refractivity (Wildman–Crippen MR) is 90.0 cm³/mol. The third-order valence-corrected chi connectivity index (χ3v) is 4.38. The fourth-order valence-corrected chi connectivity index (χ4v) is 2.90. The Kier molecular flexibility index (Phi) is 4.47. The Morgan fingerprint density at radius 2 is 1.95 bits per heavy atom. The molecule has 2 nitrogen and oxygen atoms in total. The maximum absolute atomic E-state index is 6.17. The van der Waals surface area contributed by atoms with Crippen LogP contribution in [0.1, 0.15) is 11.1 Å². The van der Waals surface area contributed by atoms with E-state index < -0.39 is 0 Å². The Labute approximate surface area is 131 Å². The molecular formula is C18H21ClN2. The van der Waals surface area contributed by atoms with E-state index in [-0.39, 0.29) is 0 Å². The molecule has 0 unspecified atom stereocenters.